The molecule has 1 saturated heterocycles. The number of ether oxygens (including phenoxy) is 1. The van der Waals surface area contributed by atoms with E-state index in [1.54, 1.807) is 0 Å². The van der Waals surface area contributed by atoms with Crippen molar-refractivity contribution in [3.8, 4) is 0 Å². The van der Waals surface area contributed by atoms with Crippen molar-refractivity contribution in [2.75, 3.05) is 37.8 Å². The van der Waals surface area contributed by atoms with Crippen molar-refractivity contribution in [2.45, 2.75) is 122 Å². The summed E-state index contributed by atoms with van der Waals surface area (Å²) in [5.41, 5.74) is 4.28. The number of imidazole rings is 1. The van der Waals surface area contributed by atoms with E-state index in [2.05, 4.69) is 41.3 Å². The molecule has 24 nitrogen and oxygen atoms in total. The van der Waals surface area contributed by atoms with Gasteiger partial charge in [0.2, 0.25) is 11.8 Å². The van der Waals surface area contributed by atoms with Crippen LogP contribution >= 0.6 is 35.2 Å². The molecule has 0 aromatic carbocycles. The summed E-state index contributed by atoms with van der Waals surface area (Å²) in [5, 5.41) is 26.5. The average Bonchev–Trinajstić information content (AvgIpc) is 3.76. The Morgan fingerprint density at radius 1 is 0.968 bits per heavy atom. The molecule has 0 saturated carbocycles. The normalized spacial score (nSPS) is 20.7. The van der Waals surface area contributed by atoms with Crippen LogP contribution in [0.25, 0.3) is 11.2 Å². The summed E-state index contributed by atoms with van der Waals surface area (Å²) in [5.74, 6) is -1.08. The molecule has 0 radical (unpaired) electrons. The van der Waals surface area contributed by atoms with Gasteiger partial charge in [0.25, 0.3) is 0 Å². The Morgan fingerprint density at radius 2 is 1.63 bits per heavy atom. The number of nitrogens with two attached hydrogens (primary N) is 1. The molecule has 2 aromatic rings. The van der Waals surface area contributed by atoms with E-state index < -0.39 is 84.6 Å². The number of phosphoric acid groups is 3. The standard InChI is InChI=1S/C35H60N7O17P3S/c1-4-5-6-7-8-9-10-11-12-13-14-15-26(44)63-19-18-37-25(43)16-17-38-33(47)30(46)35(2,3)21-56-62(53,54)59-61(51,52)55-20-24-29(58-60(48,49)50)28(45)34(57-24)42-23-41-27-31(36)39-22-40-32(27)42/h13-14,22-24,28-30,34,45-46H,4-12,15-21H2,1-3H3,(H,37,43)(H,38,47)(H,51,52)(H,53,54)(H2,36,39,40)(H2,48,49,50)/t24?,28?,29?,30-,34?/m1/s1. The first-order chi connectivity index (χ1) is 29.6. The Hall–Kier alpha value is -2.70. The molecular formula is C35H60N7O17P3S. The molecule has 1 aliphatic heterocycles. The predicted octanol–water partition coefficient (Wildman–Crippen LogP) is 3.14. The highest BCUT2D eigenvalue weighted by Crippen LogP contribution is 2.61. The molecule has 0 spiro atoms. The van der Waals surface area contributed by atoms with E-state index in [1.807, 2.05) is 12.2 Å². The molecular weight excluding hydrogens is 915 g/mol. The van der Waals surface area contributed by atoms with Crippen molar-refractivity contribution in [3.05, 3.63) is 24.8 Å². The van der Waals surface area contributed by atoms with E-state index in [1.165, 1.54) is 58.8 Å². The summed E-state index contributed by atoms with van der Waals surface area (Å²) in [7, 11) is -16.4. The van der Waals surface area contributed by atoms with Crippen LogP contribution in [0.5, 0.6) is 0 Å². The van der Waals surface area contributed by atoms with E-state index in [0.717, 1.165) is 41.8 Å². The van der Waals surface area contributed by atoms with Crippen LogP contribution in [0.2, 0.25) is 0 Å². The van der Waals surface area contributed by atoms with Gasteiger partial charge in [0.1, 0.15) is 36.3 Å². The monoisotopic (exact) mass is 975 g/mol. The van der Waals surface area contributed by atoms with Crippen LogP contribution in [0.3, 0.4) is 0 Å². The minimum Gasteiger partial charge on any atom is -0.386 e. The molecule has 2 aromatic heterocycles. The number of fused-ring (bicyclic) bond motifs is 1. The number of hydrogen-bond donors (Lipinski definition) is 9. The van der Waals surface area contributed by atoms with E-state index in [-0.39, 0.29) is 41.6 Å². The van der Waals surface area contributed by atoms with Crippen LogP contribution in [-0.2, 0) is 50.7 Å². The molecule has 6 unspecified atom stereocenters. The third-order valence-electron chi connectivity index (χ3n) is 9.44. The lowest BCUT2D eigenvalue weighted by Gasteiger charge is -2.30. The van der Waals surface area contributed by atoms with E-state index in [4.69, 9.17) is 19.5 Å². The molecule has 358 valence electrons. The van der Waals surface area contributed by atoms with Gasteiger partial charge in [-0.15, -0.1) is 0 Å². The van der Waals surface area contributed by atoms with Crippen LogP contribution in [0, 0.1) is 5.41 Å². The summed E-state index contributed by atoms with van der Waals surface area (Å²) < 4.78 is 62.3. The molecule has 1 fully saturated rings. The molecule has 1 aliphatic rings. The predicted molar refractivity (Wildman–Crippen MR) is 228 cm³/mol. The number of thioether (sulfide) groups is 1. The number of anilines is 1. The van der Waals surface area contributed by atoms with Crippen molar-refractivity contribution in [3.63, 3.8) is 0 Å². The average molecular weight is 976 g/mol. The minimum atomic E-state index is -5.57. The molecule has 0 bridgehead atoms. The number of allylic oxidation sites excluding steroid dienone is 2. The molecule has 2 amide bonds. The number of aliphatic hydroxyl groups excluding tert-OH is 2. The van der Waals surface area contributed by atoms with Crippen molar-refractivity contribution in [1.82, 2.24) is 30.2 Å². The highest BCUT2D eigenvalue weighted by molar-refractivity contribution is 8.13. The Kier molecular flexibility index (Phi) is 22.4. The van der Waals surface area contributed by atoms with Gasteiger partial charge in [-0.25, -0.2) is 28.6 Å². The zero-order chi connectivity index (χ0) is 46.8. The highest BCUT2D eigenvalue weighted by atomic mass is 32.2. The number of rotatable bonds is 30. The number of aliphatic hydroxyl groups is 2. The summed E-state index contributed by atoms with van der Waals surface area (Å²) in [6, 6.07) is 0. The van der Waals surface area contributed by atoms with Gasteiger partial charge < -0.3 is 50.9 Å². The Labute approximate surface area is 368 Å². The number of hydrogen-bond acceptors (Lipinski definition) is 18. The Morgan fingerprint density at radius 3 is 2.32 bits per heavy atom. The zero-order valence-electron chi connectivity index (χ0n) is 35.3. The summed E-state index contributed by atoms with van der Waals surface area (Å²) in [6.45, 7) is 2.73. The number of aromatic nitrogens is 4. The van der Waals surface area contributed by atoms with E-state index in [9.17, 15) is 57.9 Å². The first-order valence-corrected chi connectivity index (χ1v) is 25.8. The van der Waals surface area contributed by atoms with Crippen LogP contribution in [0.1, 0.15) is 97.6 Å². The van der Waals surface area contributed by atoms with Gasteiger partial charge in [0, 0.05) is 37.1 Å². The Balaban J connectivity index is 1.37. The molecule has 28 heteroatoms. The van der Waals surface area contributed by atoms with Crippen LogP contribution in [-0.4, -0.2) is 123 Å². The number of carbonyl (C=O) groups excluding carboxylic acids is 3. The fourth-order valence-corrected chi connectivity index (χ4v) is 9.52. The van der Waals surface area contributed by atoms with Crippen LogP contribution in [0.4, 0.5) is 5.82 Å². The van der Waals surface area contributed by atoms with Gasteiger partial charge in [-0.05, 0) is 12.8 Å². The molecule has 3 rings (SSSR count). The van der Waals surface area contributed by atoms with Crippen LogP contribution in [0.15, 0.2) is 24.8 Å². The fraction of sp³-hybridized carbons (Fsp3) is 0.714. The van der Waals surface area contributed by atoms with Crippen molar-refractivity contribution < 1.29 is 80.5 Å². The Bertz CT molecular complexity index is 1970. The van der Waals surface area contributed by atoms with E-state index in [0.29, 0.717) is 12.2 Å². The lowest BCUT2D eigenvalue weighted by atomic mass is 9.87. The first kappa shape index (κ1) is 54.6. The third kappa shape index (κ3) is 19.4. The number of unbranched alkanes of at least 4 members (excludes halogenated alkanes) is 8. The van der Waals surface area contributed by atoms with Crippen molar-refractivity contribution in [2.24, 2.45) is 5.41 Å². The van der Waals surface area contributed by atoms with Crippen molar-refractivity contribution >= 4 is 69.1 Å². The maximum atomic E-state index is 12.7. The number of amides is 2. The SMILES string of the molecule is CCCCCCCCCCC=CCC(=O)SCCNC(=O)CCNC(=O)[C@@H](O)C(C)(C)COP(=O)(O)OP(=O)(O)OCC1OC(n2cnc3c(N)ncnc32)C(O)C1OP(=O)(O)O. The number of carbonyl (C=O) groups is 3. The lowest BCUT2D eigenvalue weighted by Crippen LogP contribution is -2.46. The second-order valence-electron chi connectivity index (χ2n) is 15.2. The minimum absolute atomic E-state index is 0.0200. The van der Waals surface area contributed by atoms with Gasteiger partial charge in [-0.2, -0.15) is 4.31 Å². The van der Waals surface area contributed by atoms with Gasteiger partial charge in [0.15, 0.2) is 22.8 Å². The quantitative estimate of drug-likeness (QED) is 0.0308. The number of phosphoric ester groups is 3. The molecule has 0 aliphatic carbocycles. The summed E-state index contributed by atoms with van der Waals surface area (Å²) in [6.07, 6.45) is 8.15. The molecule has 63 heavy (non-hydrogen) atoms. The van der Waals surface area contributed by atoms with Crippen LogP contribution < -0.4 is 16.4 Å². The second kappa shape index (κ2) is 25.9. The van der Waals surface area contributed by atoms with Crippen molar-refractivity contribution in [1.29, 1.82) is 0 Å². The lowest BCUT2D eigenvalue weighted by molar-refractivity contribution is -0.137. The number of nitrogens with zero attached hydrogens (tertiary/aromatic N) is 4. The van der Waals surface area contributed by atoms with E-state index >= 15 is 0 Å². The van der Waals surface area contributed by atoms with Gasteiger partial charge in [-0.1, -0.05) is 89.6 Å². The topological polar surface area (TPSA) is 364 Å². The molecule has 3 heterocycles. The number of nitrogen functional groups attached to an aromatic ring is 1. The highest BCUT2D eigenvalue weighted by Gasteiger charge is 2.50. The van der Waals surface area contributed by atoms with Gasteiger partial charge >= 0.3 is 23.5 Å². The largest absolute Gasteiger partial charge is 0.481 e. The third-order valence-corrected chi connectivity index (χ3v) is 13.4. The fourth-order valence-electron chi connectivity index (χ4n) is 6.05. The van der Waals surface area contributed by atoms with Gasteiger partial charge in [-0.3, -0.25) is 32.5 Å². The molecule has 7 atom stereocenters. The van der Waals surface area contributed by atoms with Gasteiger partial charge in [0.05, 0.1) is 19.5 Å². The maximum Gasteiger partial charge on any atom is 0.481 e. The maximum absolute atomic E-state index is 12.7. The first-order valence-electron chi connectivity index (χ1n) is 20.3. The second-order valence-corrected chi connectivity index (χ2v) is 20.6. The number of nitrogens with one attached hydrogen (secondary N) is 2. The smallest absolute Gasteiger partial charge is 0.386 e. The molecule has 10 N–H and O–H groups in total. The summed E-state index contributed by atoms with van der Waals surface area (Å²) in [4.78, 5) is 88.1. The zero-order valence-corrected chi connectivity index (χ0v) is 38.8. The summed E-state index contributed by atoms with van der Waals surface area (Å²) >= 11 is 1.10.